The van der Waals surface area contributed by atoms with Crippen molar-refractivity contribution < 1.29 is 0 Å². The third-order valence-electron chi connectivity index (χ3n) is 4.36. The molecule has 0 spiro atoms. The van der Waals surface area contributed by atoms with Crippen molar-refractivity contribution in [2.24, 2.45) is 5.73 Å². The lowest BCUT2D eigenvalue weighted by atomic mass is 10.1. The Kier molecular flexibility index (Phi) is 5.07. The number of nitrogens with two attached hydrogens (primary N) is 1. The second kappa shape index (κ2) is 7.08. The first-order valence-corrected chi connectivity index (χ1v) is 9.54. The number of hydrogen-bond donors (Lipinski definition) is 3. The molecule has 3 rings (SSSR count). The van der Waals surface area contributed by atoms with Crippen molar-refractivity contribution in [2.45, 2.75) is 19.9 Å². The predicted octanol–water partition coefficient (Wildman–Crippen LogP) is 2.84. The van der Waals surface area contributed by atoms with Crippen molar-refractivity contribution in [3.8, 4) is 0 Å². The van der Waals surface area contributed by atoms with Crippen LogP contribution < -0.4 is 5.73 Å². The molecule has 2 aromatic rings. The van der Waals surface area contributed by atoms with Crippen LogP contribution in [0.3, 0.4) is 0 Å². The quantitative estimate of drug-likeness (QED) is 0.564. The number of aryl methyl sites for hydroxylation is 1. The molecule has 8 heteroatoms. The molecule has 1 aromatic carbocycles. The first kappa shape index (κ1) is 17.2. The minimum Gasteiger partial charge on any atom is -0.378 e. The number of fused-ring (bicyclic) bond motifs is 1. The van der Waals surface area contributed by atoms with Crippen molar-refractivity contribution in [1.82, 2.24) is 14.8 Å². The van der Waals surface area contributed by atoms with Gasteiger partial charge < -0.3 is 10.6 Å². The van der Waals surface area contributed by atoms with E-state index in [1.54, 1.807) is 11.3 Å². The van der Waals surface area contributed by atoms with Crippen LogP contribution in [0.2, 0.25) is 0 Å². The lowest BCUT2D eigenvalue weighted by Gasteiger charge is -2.38. The van der Waals surface area contributed by atoms with Crippen LogP contribution in [0.4, 0.5) is 0 Å². The zero-order chi connectivity index (χ0) is 17.3. The zero-order valence-corrected chi connectivity index (χ0v) is 15.5. The molecule has 1 saturated heterocycles. The highest BCUT2D eigenvalue weighted by atomic mass is 32.2. The smallest absolute Gasteiger partial charge is 0.164 e. The Morgan fingerprint density at radius 1 is 1.29 bits per heavy atom. The van der Waals surface area contributed by atoms with Crippen molar-refractivity contribution in [1.29, 1.82) is 10.8 Å². The molecule has 0 bridgehead atoms. The summed E-state index contributed by atoms with van der Waals surface area (Å²) in [6.07, 6.45) is 0. The Labute approximate surface area is 150 Å². The van der Waals surface area contributed by atoms with Gasteiger partial charge in [0.25, 0.3) is 0 Å². The Balaban J connectivity index is 1.64. The van der Waals surface area contributed by atoms with E-state index >= 15 is 0 Å². The van der Waals surface area contributed by atoms with Crippen molar-refractivity contribution in [3.63, 3.8) is 0 Å². The van der Waals surface area contributed by atoms with Crippen LogP contribution in [0.25, 0.3) is 10.2 Å². The summed E-state index contributed by atoms with van der Waals surface area (Å²) in [7, 11) is 0. The van der Waals surface area contributed by atoms with Crippen molar-refractivity contribution >= 4 is 43.7 Å². The molecule has 128 valence electrons. The van der Waals surface area contributed by atoms with Gasteiger partial charge in [-0.05, 0) is 43.3 Å². The van der Waals surface area contributed by atoms with Gasteiger partial charge in [-0.2, -0.15) is 0 Å². The number of rotatable bonds is 2. The molecule has 4 N–H and O–H groups in total. The largest absolute Gasteiger partial charge is 0.378 e. The molecular weight excluding hydrogens is 340 g/mol. The molecule has 1 aliphatic heterocycles. The SMILES string of the molecule is Cc1nc2cc(C(C)N3CCN(C(=N)SC(=N)N)CC3)ccc2s1. The van der Waals surface area contributed by atoms with Gasteiger partial charge in [-0.25, -0.2) is 4.98 Å². The van der Waals surface area contributed by atoms with Crippen LogP contribution in [0.1, 0.15) is 23.5 Å². The monoisotopic (exact) mass is 362 g/mol. The summed E-state index contributed by atoms with van der Waals surface area (Å²) >= 11 is 2.75. The van der Waals surface area contributed by atoms with E-state index in [1.165, 1.54) is 10.3 Å². The maximum atomic E-state index is 7.99. The Morgan fingerprint density at radius 2 is 2.00 bits per heavy atom. The summed E-state index contributed by atoms with van der Waals surface area (Å²) in [6, 6.07) is 6.89. The summed E-state index contributed by atoms with van der Waals surface area (Å²) in [4.78, 5) is 9.01. The lowest BCUT2D eigenvalue weighted by molar-refractivity contribution is 0.142. The molecule has 0 amide bonds. The molecule has 6 nitrogen and oxygen atoms in total. The number of nitrogens with zero attached hydrogens (tertiary/aromatic N) is 3. The average Bonchev–Trinajstić information content (AvgIpc) is 2.92. The van der Waals surface area contributed by atoms with Gasteiger partial charge in [0.15, 0.2) is 10.3 Å². The van der Waals surface area contributed by atoms with Gasteiger partial charge in [-0.3, -0.25) is 15.7 Å². The number of piperazine rings is 1. The molecule has 1 aromatic heterocycles. The second-order valence-electron chi connectivity index (χ2n) is 5.93. The molecule has 24 heavy (non-hydrogen) atoms. The minimum atomic E-state index is -0.0253. The molecule has 2 heterocycles. The van der Waals surface area contributed by atoms with E-state index in [0.717, 1.165) is 48.5 Å². The zero-order valence-electron chi connectivity index (χ0n) is 13.9. The minimum absolute atomic E-state index is 0.0253. The molecule has 1 unspecified atom stereocenters. The molecule has 0 radical (unpaired) electrons. The van der Waals surface area contributed by atoms with E-state index < -0.39 is 0 Å². The summed E-state index contributed by atoms with van der Waals surface area (Å²) in [5.41, 5.74) is 7.73. The third-order valence-corrected chi connectivity index (χ3v) is 5.98. The van der Waals surface area contributed by atoms with Crippen LogP contribution >= 0.6 is 23.1 Å². The first-order valence-electron chi connectivity index (χ1n) is 7.90. The fourth-order valence-corrected chi connectivity index (χ4v) is 4.34. The third kappa shape index (κ3) is 3.71. The van der Waals surface area contributed by atoms with Crippen molar-refractivity contribution in [2.75, 3.05) is 26.2 Å². The number of aromatic nitrogens is 1. The fraction of sp³-hybridized carbons (Fsp3) is 0.438. The number of amidine groups is 2. The van der Waals surface area contributed by atoms with Crippen LogP contribution in [0, 0.1) is 17.7 Å². The summed E-state index contributed by atoms with van der Waals surface area (Å²) in [5, 5.41) is 16.7. The number of thiazole rings is 1. The van der Waals surface area contributed by atoms with Gasteiger partial charge in [-0.1, -0.05) is 6.07 Å². The van der Waals surface area contributed by atoms with E-state index in [1.807, 2.05) is 11.8 Å². The number of nitrogens with one attached hydrogen (secondary N) is 2. The van der Waals surface area contributed by atoms with E-state index in [-0.39, 0.29) is 5.17 Å². The summed E-state index contributed by atoms with van der Waals surface area (Å²) in [6.45, 7) is 7.65. The van der Waals surface area contributed by atoms with Crippen LogP contribution in [-0.4, -0.2) is 51.3 Å². The first-order chi connectivity index (χ1) is 11.4. The number of hydrogen-bond acceptors (Lipinski definition) is 6. The van der Waals surface area contributed by atoms with Crippen molar-refractivity contribution in [3.05, 3.63) is 28.8 Å². The van der Waals surface area contributed by atoms with Crippen LogP contribution in [-0.2, 0) is 0 Å². The number of thioether (sulfide) groups is 1. The van der Waals surface area contributed by atoms with Gasteiger partial charge in [0.05, 0.1) is 15.2 Å². The van der Waals surface area contributed by atoms with Crippen LogP contribution in [0.5, 0.6) is 0 Å². The topological polar surface area (TPSA) is 93.1 Å². The number of benzene rings is 1. The van der Waals surface area contributed by atoms with E-state index in [9.17, 15) is 0 Å². The highest BCUT2D eigenvalue weighted by Gasteiger charge is 2.24. The van der Waals surface area contributed by atoms with Gasteiger partial charge >= 0.3 is 0 Å². The van der Waals surface area contributed by atoms with Gasteiger partial charge in [0.2, 0.25) is 0 Å². The molecule has 0 aliphatic carbocycles. The Morgan fingerprint density at radius 3 is 2.67 bits per heavy atom. The molecule has 1 atom stereocenters. The van der Waals surface area contributed by atoms with Gasteiger partial charge in [0.1, 0.15) is 0 Å². The second-order valence-corrected chi connectivity index (χ2v) is 8.20. The normalized spacial score (nSPS) is 17.2. The Bertz CT molecular complexity index is 763. The van der Waals surface area contributed by atoms with E-state index in [0.29, 0.717) is 11.2 Å². The van der Waals surface area contributed by atoms with E-state index in [2.05, 4.69) is 35.0 Å². The Hall–Kier alpha value is -1.64. The fourth-order valence-electron chi connectivity index (χ4n) is 3.01. The maximum Gasteiger partial charge on any atom is 0.164 e. The molecule has 1 aliphatic rings. The lowest BCUT2D eigenvalue weighted by Crippen LogP contribution is -2.48. The predicted molar refractivity (Wildman–Crippen MR) is 103 cm³/mol. The average molecular weight is 363 g/mol. The van der Waals surface area contributed by atoms with Gasteiger partial charge in [0, 0.05) is 32.2 Å². The summed E-state index contributed by atoms with van der Waals surface area (Å²) in [5.74, 6) is 0. The molecule has 0 saturated carbocycles. The van der Waals surface area contributed by atoms with E-state index in [4.69, 9.17) is 16.6 Å². The van der Waals surface area contributed by atoms with Gasteiger partial charge in [-0.15, -0.1) is 11.3 Å². The maximum absolute atomic E-state index is 7.99. The summed E-state index contributed by atoms with van der Waals surface area (Å²) < 4.78 is 1.24. The van der Waals surface area contributed by atoms with Crippen LogP contribution in [0.15, 0.2) is 18.2 Å². The molecular formula is C16H22N6S2. The highest BCUT2D eigenvalue weighted by molar-refractivity contribution is 8.26. The molecule has 1 fully saturated rings. The standard InChI is InChI=1S/C16H22N6S2/c1-10(12-3-4-14-13(9-12)20-11(2)23-14)21-5-7-22(8-6-21)16(19)24-15(17)18/h3-4,9-10,19H,5-8H2,1-2H3,(H3,17,18). The highest BCUT2D eigenvalue weighted by Crippen LogP contribution is 2.28.